The molecule has 0 unspecified atom stereocenters. The first kappa shape index (κ1) is 17.8. The van der Waals surface area contributed by atoms with Crippen molar-refractivity contribution in [2.75, 3.05) is 24.6 Å². The lowest BCUT2D eigenvalue weighted by Gasteiger charge is -2.22. The van der Waals surface area contributed by atoms with E-state index in [2.05, 4.69) is 37.1 Å². The molecule has 124 valence electrons. The van der Waals surface area contributed by atoms with Crippen LogP contribution >= 0.6 is 24.0 Å². The zero-order chi connectivity index (χ0) is 16.8. The fourth-order valence-electron chi connectivity index (χ4n) is 2.33. The zero-order valence-corrected chi connectivity index (χ0v) is 15.4. The first-order chi connectivity index (χ1) is 11.1. The number of amides is 1. The molecule has 1 fully saturated rings. The average molecular weight is 351 g/mol. The number of carbonyl (C=O) groups excluding carboxylic acids is 1. The Morgan fingerprint density at radius 2 is 2.04 bits per heavy atom. The summed E-state index contributed by atoms with van der Waals surface area (Å²) >= 11 is 6.32. The molecule has 0 aliphatic carbocycles. The quantitative estimate of drug-likeness (QED) is 0.598. The van der Waals surface area contributed by atoms with E-state index in [9.17, 15) is 4.79 Å². The number of carbonyl (C=O) groups is 1. The Morgan fingerprint density at radius 3 is 2.61 bits per heavy atom. The third kappa shape index (κ3) is 4.48. The van der Waals surface area contributed by atoms with E-state index in [1.54, 1.807) is 0 Å². The summed E-state index contributed by atoms with van der Waals surface area (Å²) in [6.07, 6.45) is 2.78. The highest BCUT2D eigenvalue weighted by Crippen LogP contribution is 2.32. The second-order valence-electron chi connectivity index (χ2n) is 5.10. The van der Waals surface area contributed by atoms with Gasteiger partial charge in [-0.15, -0.1) is 0 Å². The van der Waals surface area contributed by atoms with E-state index >= 15 is 0 Å². The number of nitrogens with zero attached hydrogens (tertiary/aromatic N) is 1. The Morgan fingerprint density at radius 1 is 1.30 bits per heavy atom. The first-order valence-corrected chi connectivity index (χ1v) is 9.08. The minimum atomic E-state index is -0.144. The van der Waals surface area contributed by atoms with Crippen LogP contribution in [0.1, 0.15) is 32.8 Å². The van der Waals surface area contributed by atoms with Crippen LogP contribution in [0.25, 0.3) is 6.08 Å². The molecule has 0 aromatic heterocycles. The summed E-state index contributed by atoms with van der Waals surface area (Å²) in [5, 5.41) is 2.64. The van der Waals surface area contributed by atoms with Crippen LogP contribution in [0, 0.1) is 0 Å². The molecule has 1 saturated heterocycles. The second-order valence-corrected chi connectivity index (χ2v) is 6.81. The Kier molecular flexibility index (Phi) is 6.47. The number of thioether (sulfide) groups is 1. The molecule has 0 atom stereocenters. The van der Waals surface area contributed by atoms with Crippen LogP contribution in [-0.2, 0) is 4.79 Å². The van der Waals surface area contributed by atoms with E-state index in [-0.39, 0.29) is 5.91 Å². The number of thiocarbonyl (C=S) groups is 1. The van der Waals surface area contributed by atoms with Crippen molar-refractivity contribution < 1.29 is 9.53 Å². The molecule has 2 rings (SSSR count). The minimum Gasteiger partial charge on any atom is -0.493 e. The van der Waals surface area contributed by atoms with Crippen molar-refractivity contribution in [1.29, 1.82) is 0 Å². The van der Waals surface area contributed by atoms with Crippen LogP contribution in [0.15, 0.2) is 23.1 Å². The lowest BCUT2D eigenvalue weighted by atomic mass is 10.1. The van der Waals surface area contributed by atoms with Gasteiger partial charge in [-0.3, -0.25) is 4.79 Å². The summed E-state index contributed by atoms with van der Waals surface area (Å²) in [4.78, 5) is 14.7. The van der Waals surface area contributed by atoms with Gasteiger partial charge in [0.1, 0.15) is 10.1 Å². The van der Waals surface area contributed by atoms with E-state index in [0.717, 1.165) is 36.5 Å². The Bertz CT molecular complexity index is 625. The molecule has 0 bridgehead atoms. The van der Waals surface area contributed by atoms with Gasteiger partial charge in [-0.2, -0.15) is 0 Å². The SMILES string of the molecule is CCCOc1cc(N(CC)CC)ccc1C=C1SC(=S)NC1=O. The second kappa shape index (κ2) is 8.36. The lowest BCUT2D eigenvalue weighted by Crippen LogP contribution is -2.21. The van der Waals surface area contributed by atoms with Gasteiger partial charge in [0.05, 0.1) is 11.5 Å². The van der Waals surface area contributed by atoms with Crippen molar-refractivity contribution >= 4 is 46.0 Å². The summed E-state index contributed by atoms with van der Waals surface area (Å²) in [6, 6.07) is 6.11. The highest BCUT2D eigenvalue weighted by molar-refractivity contribution is 8.26. The molecule has 1 aliphatic heterocycles. The fourth-order valence-corrected chi connectivity index (χ4v) is 3.36. The van der Waals surface area contributed by atoms with Gasteiger partial charge < -0.3 is 15.0 Å². The molecule has 6 heteroatoms. The molecule has 0 spiro atoms. The van der Waals surface area contributed by atoms with Gasteiger partial charge in [-0.25, -0.2) is 0 Å². The van der Waals surface area contributed by atoms with E-state index in [4.69, 9.17) is 17.0 Å². The van der Waals surface area contributed by atoms with Crippen molar-refractivity contribution in [3.05, 3.63) is 28.7 Å². The van der Waals surface area contributed by atoms with E-state index in [0.29, 0.717) is 15.8 Å². The normalized spacial score (nSPS) is 15.9. The molecule has 1 aromatic carbocycles. The molecule has 1 aromatic rings. The molecule has 1 N–H and O–H groups in total. The zero-order valence-electron chi connectivity index (χ0n) is 13.7. The van der Waals surface area contributed by atoms with Gasteiger partial charge in [0.2, 0.25) is 0 Å². The average Bonchev–Trinajstić information content (AvgIpc) is 2.85. The third-order valence-electron chi connectivity index (χ3n) is 3.52. The highest BCUT2D eigenvalue weighted by atomic mass is 32.2. The van der Waals surface area contributed by atoms with Crippen molar-refractivity contribution in [2.45, 2.75) is 27.2 Å². The first-order valence-electron chi connectivity index (χ1n) is 7.85. The lowest BCUT2D eigenvalue weighted by molar-refractivity contribution is -0.115. The van der Waals surface area contributed by atoms with Gasteiger partial charge in [-0.1, -0.05) is 30.9 Å². The minimum absolute atomic E-state index is 0.144. The molecule has 0 saturated carbocycles. The summed E-state index contributed by atoms with van der Waals surface area (Å²) in [6.45, 7) is 8.87. The van der Waals surface area contributed by atoms with Crippen molar-refractivity contribution in [2.24, 2.45) is 0 Å². The van der Waals surface area contributed by atoms with Gasteiger partial charge in [-0.05, 0) is 38.5 Å². The summed E-state index contributed by atoms with van der Waals surface area (Å²) in [5.41, 5.74) is 2.03. The van der Waals surface area contributed by atoms with E-state index in [1.807, 2.05) is 18.2 Å². The number of anilines is 1. The molecule has 1 aliphatic rings. The molecule has 1 amide bonds. The maximum atomic E-state index is 11.8. The maximum Gasteiger partial charge on any atom is 0.263 e. The van der Waals surface area contributed by atoms with Crippen LogP contribution in [0.2, 0.25) is 0 Å². The Balaban J connectivity index is 2.36. The monoisotopic (exact) mass is 350 g/mol. The topological polar surface area (TPSA) is 41.6 Å². The molecular formula is C17H22N2O2S2. The van der Waals surface area contributed by atoms with Gasteiger partial charge in [0, 0.05) is 30.4 Å². The molecule has 23 heavy (non-hydrogen) atoms. The smallest absolute Gasteiger partial charge is 0.263 e. The summed E-state index contributed by atoms with van der Waals surface area (Å²) in [5.74, 6) is 0.657. The van der Waals surface area contributed by atoms with Crippen LogP contribution in [0.5, 0.6) is 5.75 Å². The van der Waals surface area contributed by atoms with Crippen LogP contribution in [-0.4, -0.2) is 29.9 Å². The Hall–Kier alpha value is -1.53. The van der Waals surface area contributed by atoms with Gasteiger partial charge in [0.25, 0.3) is 5.91 Å². The van der Waals surface area contributed by atoms with Gasteiger partial charge >= 0.3 is 0 Å². The predicted octanol–water partition coefficient (Wildman–Crippen LogP) is 3.81. The molecule has 0 radical (unpaired) electrons. The molecular weight excluding hydrogens is 328 g/mol. The number of ether oxygens (including phenoxy) is 1. The molecule has 4 nitrogen and oxygen atoms in total. The predicted molar refractivity (Wildman–Crippen MR) is 102 cm³/mol. The standard InChI is InChI=1S/C17H22N2O2S2/c1-4-9-21-14-11-13(19(5-2)6-3)8-7-12(14)10-15-16(20)18-17(22)23-15/h7-8,10-11H,4-6,9H2,1-3H3,(H,18,20,22). The number of rotatable bonds is 7. The number of benzene rings is 1. The third-order valence-corrected chi connectivity index (χ3v) is 4.68. The maximum absolute atomic E-state index is 11.8. The van der Waals surface area contributed by atoms with Crippen molar-refractivity contribution in [1.82, 2.24) is 5.32 Å². The summed E-state index contributed by atoms with van der Waals surface area (Å²) < 4.78 is 6.39. The largest absolute Gasteiger partial charge is 0.493 e. The molecule has 1 heterocycles. The van der Waals surface area contributed by atoms with Gasteiger partial charge in [0.15, 0.2) is 0 Å². The number of nitrogens with one attached hydrogen (secondary N) is 1. The number of hydrogen-bond acceptors (Lipinski definition) is 5. The van der Waals surface area contributed by atoms with Crippen molar-refractivity contribution in [3.8, 4) is 5.75 Å². The van der Waals surface area contributed by atoms with Crippen LogP contribution in [0.4, 0.5) is 5.69 Å². The van der Waals surface area contributed by atoms with Crippen LogP contribution in [0.3, 0.4) is 0 Å². The van der Waals surface area contributed by atoms with Crippen molar-refractivity contribution in [3.63, 3.8) is 0 Å². The number of hydrogen-bond donors (Lipinski definition) is 1. The Labute approximate surface area is 147 Å². The van der Waals surface area contributed by atoms with E-state index < -0.39 is 0 Å². The van der Waals surface area contributed by atoms with Crippen LogP contribution < -0.4 is 15.0 Å². The fraction of sp³-hybridized carbons (Fsp3) is 0.412. The van der Waals surface area contributed by atoms with E-state index in [1.165, 1.54) is 11.8 Å². The highest BCUT2D eigenvalue weighted by Gasteiger charge is 2.22. The summed E-state index contributed by atoms with van der Waals surface area (Å²) in [7, 11) is 0.